The predicted octanol–water partition coefficient (Wildman–Crippen LogP) is 3.04. The average molecular weight is 266 g/mol. The number of rotatable bonds is 5. The highest BCUT2D eigenvalue weighted by molar-refractivity contribution is 5.38. The highest BCUT2D eigenvalue weighted by Crippen LogP contribution is 2.12. The van der Waals surface area contributed by atoms with E-state index in [0.29, 0.717) is 6.61 Å². The van der Waals surface area contributed by atoms with E-state index in [1.54, 1.807) is 0 Å². The predicted molar refractivity (Wildman–Crippen MR) is 80.7 cm³/mol. The maximum atomic E-state index is 8.62. The first-order valence-corrected chi connectivity index (χ1v) is 6.75. The van der Waals surface area contributed by atoms with Gasteiger partial charge in [-0.05, 0) is 42.7 Å². The number of ether oxygens (including phenoxy) is 1. The van der Waals surface area contributed by atoms with Crippen molar-refractivity contribution >= 4 is 0 Å². The van der Waals surface area contributed by atoms with E-state index < -0.39 is 0 Å². The van der Waals surface area contributed by atoms with E-state index in [-0.39, 0.29) is 6.61 Å². The number of benzene rings is 2. The quantitative estimate of drug-likeness (QED) is 0.666. The third kappa shape index (κ3) is 4.79. The van der Waals surface area contributed by atoms with E-state index in [0.717, 1.165) is 24.2 Å². The van der Waals surface area contributed by atoms with E-state index in [9.17, 15) is 0 Å². The number of aliphatic hydroxyl groups excluding tert-OH is 1. The zero-order valence-corrected chi connectivity index (χ0v) is 11.4. The second-order valence-electron chi connectivity index (χ2n) is 4.42. The van der Waals surface area contributed by atoms with Gasteiger partial charge in [0.1, 0.15) is 12.4 Å². The van der Waals surface area contributed by atoms with Crippen molar-refractivity contribution in [3.8, 4) is 17.6 Å². The topological polar surface area (TPSA) is 29.5 Å². The molecule has 0 aliphatic rings. The zero-order valence-electron chi connectivity index (χ0n) is 11.4. The fraction of sp³-hybridized carbons (Fsp3) is 0.222. The zero-order chi connectivity index (χ0) is 14.0. The van der Waals surface area contributed by atoms with Crippen LogP contribution in [0.2, 0.25) is 0 Å². The fourth-order valence-corrected chi connectivity index (χ4v) is 1.89. The van der Waals surface area contributed by atoms with Crippen molar-refractivity contribution < 1.29 is 9.84 Å². The van der Waals surface area contributed by atoms with Crippen LogP contribution in [0.5, 0.6) is 5.75 Å². The Kier molecular flexibility index (Phi) is 5.70. The maximum Gasteiger partial charge on any atom is 0.119 e. The van der Waals surface area contributed by atoms with Crippen molar-refractivity contribution in [3.63, 3.8) is 0 Å². The van der Waals surface area contributed by atoms with Crippen LogP contribution in [0.4, 0.5) is 0 Å². The molecule has 0 unspecified atom stereocenters. The third-order valence-corrected chi connectivity index (χ3v) is 2.89. The normalized spacial score (nSPS) is 9.65. The van der Waals surface area contributed by atoms with Crippen LogP contribution in [0.3, 0.4) is 0 Å². The minimum Gasteiger partial charge on any atom is -0.494 e. The Hall–Kier alpha value is -2.24. The molecular weight excluding hydrogens is 248 g/mol. The summed E-state index contributed by atoms with van der Waals surface area (Å²) in [5.74, 6) is 6.33. The van der Waals surface area contributed by atoms with Gasteiger partial charge >= 0.3 is 0 Å². The summed E-state index contributed by atoms with van der Waals surface area (Å²) < 4.78 is 5.69. The summed E-state index contributed by atoms with van der Waals surface area (Å²) in [7, 11) is 0. The summed E-state index contributed by atoms with van der Waals surface area (Å²) in [5.41, 5.74) is 2.22. The molecule has 20 heavy (non-hydrogen) atoms. The van der Waals surface area contributed by atoms with Crippen LogP contribution in [0.25, 0.3) is 0 Å². The van der Waals surface area contributed by atoms with Gasteiger partial charge < -0.3 is 9.84 Å². The molecule has 0 saturated heterocycles. The van der Waals surface area contributed by atoms with E-state index in [1.165, 1.54) is 5.56 Å². The second kappa shape index (κ2) is 8.04. The van der Waals surface area contributed by atoms with Crippen LogP contribution in [0.15, 0.2) is 54.6 Å². The van der Waals surface area contributed by atoms with Gasteiger partial charge in [0.05, 0.1) is 6.61 Å². The van der Waals surface area contributed by atoms with Gasteiger partial charge in [-0.15, -0.1) is 0 Å². The second-order valence-corrected chi connectivity index (χ2v) is 4.42. The van der Waals surface area contributed by atoms with Crippen LogP contribution in [0.1, 0.15) is 17.5 Å². The van der Waals surface area contributed by atoms with Gasteiger partial charge in [0.15, 0.2) is 0 Å². The molecular formula is C18H18O2. The molecule has 0 aliphatic carbocycles. The monoisotopic (exact) mass is 266 g/mol. The van der Waals surface area contributed by atoms with Gasteiger partial charge in [0.25, 0.3) is 0 Å². The highest BCUT2D eigenvalue weighted by atomic mass is 16.5. The molecule has 102 valence electrons. The lowest BCUT2D eigenvalue weighted by atomic mass is 10.1. The molecule has 0 fully saturated rings. The van der Waals surface area contributed by atoms with Crippen LogP contribution in [-0.4, -0.2) is 18.3 Å². The number of hydrogen-bond donors (Lipinski definition) is 1. The van der Waals surface area contributed by atoms with E-state index >= 15 is 0 Å². The van der Waals surface area contributed by atoms with E-state index in [4.69, 9.17) is 9.84 Å². The summed E-state index contributed by atoms with van der Waals surface area (Å²) in [6.07, 6.45) is 2.02. The first-order valence-electron chi connectivity index (χ1n) is 6.75. The summed E-state index contributed by atoms with van der Waals surface area (Å²) in [4.78, 5) is 0. The molecule has 2 rings (SSSR count). The Labute approximate surface area is 120 Å². The van der Waals surface area contributed by atoms with Crippen molar-refractivity contribution in [2.75, 3.05) is 13.2 Å². The lowest BCUT2D eigenvalue weighted by Gasteiger charge is -2.06. The lowest BCUT2D eigenvalue weighted by Crippen LogP contribution is -1.99. The van der Waals surface area contributed by atoms with Crippen molar-refractivity contribution in [2.24, 2.45) is 0 Å². The first-order chi connectivity index (χ1) is 9.88. The molecule has 0 atom stereocenters. The number of aliphatic hydroxyl groups is 1. The standard InChI is InChI=1S/C18H18O2/c19-14-4-8-17-10-12-18(13-11-17)20-15-5-9-16-6-2-1-3-7-16/h1-3,6-7,10-13,19H,5,9,14-15H2. The van der Waals surface area contributed by atoms with Crippen LogP contribution < -0.4 is 4.74 Å². The van der Waals surface area contributed by atoms with Gasteiger partial charge in [0, 0.05) is 5.56 Å². The van der Waals surface area contributed by atoms with Gasteiger partial charge in [-0.3, -0.25) is 0 Å². The summed E-state index contributed by atoms with van der Waals surface area (Å²) in [5, 5.41) is 8.62. The maximum absolute atomic E-state index is 8.62. The largest absolute Gasteiger partial charge is 0.494 e. The Morgan fingerprint density at radius 2 is 1.70 bits per heavy atom. The summed E-state index contributed by atoms with van der Waals surface area (Å²) >= 11 is 0. The van der Waals surface area contributed by atoms with Crippen molar-refractivity contribution in [3.05, 3.63) is 65.7 Å². The van der Waals surface area contributed by atoms with Crippen LogP contribution in [0, 0.1) is 11.8 Å². The Morgan fingerprint density at radius 1 is 0.950 bits per heavy atom. The van der Waals surface area contributed by atoms with E-state index in [2.05, 4.69) is 36.1 Å². The van der Waals surface area contributed by atoms with Crippen LogP contribution >= 0.6 is 0 Å². The number of hydrogen-bond acceptors (Lipinski definition) is 2. The molecule has 2 aromatic carbocycles. The van der Waals surface area contributed by atoms with Crippen molar-refractivity contribution in [2.45, 2.75) is 12.8 Å². The molecule has 2 heteroatoms. The summed E-state index contributed by atoms with van der Waals surface area (Å²) in [6.45, 7) is 0.592. The fourth-order valence-electron chi connectivity index (χ4n) is 1.89. The molecule has 0 saturated carbocycles. The Morgan fingerprint density at radius 3 is 2.40 bits per heavy atom. The molecule has 0 bridgehead atoms. The molecule has 0 heterocycles. The molecule has 2 aromatic rings. The molecule has 2 nitrogen and oxygen atoms in total. The van der Waals surface area contributed by atoms with Gasteiger partial charge in [-0.2, -0.15) is 0 Å². The lowest BCUT2D eigenvalue weighted by molar-refractivity contribution is 0.311. The molecule has 0 aliphatic heterocycles. The smallest absolute Gasteiger partial charge is 0.119 e. The average Bonchev–Trinajstić information content (AvgIpc) is 2.52. The Balaban J connectivity index is 1.74. The van der Waals surface area contributed by atoms with Gasteiger partial charge in [0.2, 0.25) is 0 Å². The first kappa shape index (κ1) is 14.2. The SMILES string of the molecule is OCC#Cc1ccc(OCCCc2ccccc2)cc1. The van der Waals surface area contributed by atoms with Gasteiger partial charge in [-0.1, -0.05) is 42.2 Å². The van der Waals surface area contributed by atoms with Crippen molar-refractivity contribution in [1.82, 2.24) is 0 Å². The minimum atomic E-state index is -0.113. The molecule has 0 radical (unpaired) electrons. The molecule has 0 spiro atoms. The third-order valence-electron chi connectivity index (χ3n) is 2.89. The van der Waals surface area contributed by atoms with Gasteiger partial charge in [-0.25, -0.2) is 0 Å². The highest BCUT2D eigenvalue weighted by Gasteiger charge is 1.95. The molecule has 0 aromatic heterocycles. The van der Waals surface area contributed by atoms with Crippen LogP contribution in [-0.2, 0) is 6.42 Å². The Bertz CT molecular complexity index is 562. The summed E-state index contributed by atoms with van der Waals surface area (Å²) in [6, 6.07) is 18.0. The molecule has 0 amide bonds. The van der Waals surface area contributed by atoms with Crippen molar-refractivity contribution in [1.29, 1.82) is 0 Å². The minimum absolute atomic E-state index is 0.113. The van der Waals surface area contributed by atoms with E-state index in [1.807, 2.05) is 30.3 Å². The molecule has 1 N–H and O–H groups in total. The number of aryl methyl sites for hydroxylation is 1.